The van der Waals surface area contributed by atoms with Crippen molar-refractivity contribution in [3.63, 3.8) is 0 Å². The second kappa shape index (κ2) is 14.6. The van der Waals surface area contributed by atoms with E-state index in [1.807, 2.05) is 13.8 Å². The molecule has 0 saturated heterocycles. The van der Waals surface area contributed by atoms with Crippen molar-refractivity contribution in [2.24, 2.45) is 0 Å². The van der Waals surface area contributed by atoms with Crippen LogP contribution in [0.1, 0.15) is 39.2 Å². The van der Waals surface area contributed by atoms with E-state index in [9.17, 15) is 18.0 Å². The Kier molecular flexibility index (Phi) is 11.8. The summed E-state index contributed by atoms with van der Waals surface area (Å²) in [4.78, 5) is 28.7. The maximum atomic E-state index is 14.1. The maximum absolute atomic E-state index is 14.1. The normalized spacial score (nSPS) is 12.9. The lowest BCUT2D eigenvalue weighted by Crippen LogP contribution is -2.53. The standard InChI is InChI=1S/C29H31Cl4N3O4S/c1-4-19(3)34-29(38)27(5-2)35(17-24-25(32)10-7-11-26(24)33)28(37)18-36(22-9-6-8-21(31)16-22)41(39,40)23-14-12-20(30)13-15-23/h6-16,19,27H,4-5,17-18H2,1-3H3,(H,34,38)/t19-,27+/m0/s1. The van der Waals surface area contributed by atoms with Crippen LogP contribution in [0.5, 0.6) is 0 Å². The molecule has 1 N–H and O–H groups in total. The Morgan fingerprint density at radius 3 is 2.02 bits per heavy atom. The third-order valence-electron chi connectivity index (χ3n) is 6.55. The van der Waals surface area contributed by atoms with Crippen LogP contribution in [0.4, 0.5) is 5.69 Å². The van der Waals surface area contributed by atoms with Gasteiger partial charge in [-0.3, -0.25) is 13.9 Å². The average molecular weight is 659 g/mol. The third-order valence-corrected chi connectivity index (χ3v) is 9.54. The SMILES string of the molecule is CC[C@H](C(=O)N[C@@H](C)CC)N(Cc1c(Cl)cccc1Cl)C(=O)CN(c1cccc(Cl)c1)S(=O)(=O)c1ccc(Cl)cc1. The summed E-state index contributed by atoms with van der Waals surface area (Å²) < 4.78 is 28.7. The van der Waals surface area contributed by atoms with Crippen LogP contribution in [0.25, 0.3) is 0 Å². The molecule has 0 aliphatic heterocycles. The summed E-state index contributed by atoms with van der Waals surface area (Å²) in [7, 11) is -4.27. The number of hydrogen-bond donors (Lipinski definition) is 1. The molecule has 0 radical (unpaired) electrons. The van der Waals surface area contributed by atoms with E-state index in [1.54, 1.807) is 37.3 Å². The van der Waals surface area contributed by atoms with Crippen molar-refractivity contribution in [3.05, 3.63) is 92.4 Å². The van der Waals surface area contributed by atoms with Gasteiger partial charge in [0.05, 0.1) is 10.6 Å². The minimum atomic E-state index is -4.27. The molecule has 0 aromatic heterocycles. The monoisotopic (exact) mass is 657 g/mol. The van der Waals surface area contributed by atoms with E-state index < -0.39 is 28.5 Å². The number of anilines is 1. The number of halogens is 4. The van der Waals surface area contributed by atoms with E-state index in [-0.39, 0.29) is 40.5 Å². The minimum absolute atomic E-state index is 0.0723. The first-order valence-electron chi connectivity index (χ1n) is 13.0. The minimum Gasteiger partial charge on any atom is -0.352 e. The summed E-state index contributed by atoms with van der Waals surface area (Å²) in [6.45, 7) is 4.83. The quantitative estimate of drug-likeness (QED) is 0.223. The van der Waals surface area contributed by atoms with Gasteiger partial charge in [-0.05, 0) is 74.4 Å². The number of carbonyl (C=O) groups excluding carboxylic acids is 2. The molecule has 3 aromatic rings. The van der Waals surface area contributed by atoms with E-state index in [0.717, 1.165) is 4.31 Å². The fraction of sp³-hybridized carbons (Fsp3) is 0.310. The molecule has 12 heteroatoms. The molecule has 7 nitrogen and oxygen atoms in total. The molecule has 2 amide bonds. The maximum Gasteiger partial charge on any atom is 0.264 e. The van der Waals surface area contributed by atoms with Crippen molar-refractivity contribution >= 4 is 73.9 Å². The molecule has 0 heterocycles. The highest BCUT2D eigenvalue weighted by atomic mass is 35.5. The molecule has 3 aromatic carbocycles. The molecule has 220 valence electrons. The molecule has 0 fully saturated rings. The molecule has 0 aliphatic rings. The number of amides is 2. The fourth-order valence-electron chi connectivity index (χ4n) is 4.11. The number of rotatable bonds is 12. The van der Waals surface area contributed by atoms with Gasteiger partial charge in [0, 0.05) is 38.2 Å². The molecule has 0 bridgehead atoms. The molecule has 41 heavy (non-hydrogen) atoms. The number of carbonyl (C=O) groups is 2. The van der Waals surface area contributed by atoms with Crippen LogP contribution in [0.2, 0.25) is 20.1 Å². The van der Waals surface area contributed by atoms with Gasteiger partial charge in [0.1, 0.15) is 12.6 Å². The molecule has 0 aliphatic carbocycles. The van der Waals surface area contributed by atoms with E-state index in [2.05, 4.69) is 5.32 Å². The van der Waals surface area contributed by atoms with Crippen LogP contribution in [0, 0.1) is 0 Å². The lowest BCUT2D eigenvalue weighted by Gasteiger charge is -2.34. The van der Waals surface area contributed by atoms with Crippen LogP contribution < -0.4 is 9.62 Å². The van der Waals surface area contributed by atoms with Gasteiger partial charge in [-0.15, -0.1) is 0 Å². The van der Waals surface area contributed by atoms with Gasteiger partial charge in [-0.2, -0.15) is 0 Å². The second-order valence-electron chi connectivity index (χ2n) is 9.41. The average Bonchev–Trinajstić information content (AvgIpc) is 2.93. The highest BCUT2D eigenvalue weighted by Crippen LogP contribution is 2.30. The molecular formula is C29H31Cl4N3O4S. The largest absolute Gasteiger partial charge is 0.352 e. The van der Waals surface area contributed by atoms with Crippen molar-refractivity contribution in [1.29, 1.82) is 0 Å². The van der Waals surface area contributed by atoms with Crippen LogP contribution in [-0.4, -0.2) is 43.8 Å². The van der Waals surface area contributed by atoms with Gasteiger partial charge < -0.3 is 10.2 Å². The van der Waals surface area contributed by atoms with Gasteiger partial charge in [0.15, 0.2) is 0 Å². The van der Waals surface area contributed by atoms with Crippen molar-refractivity contribution in [3.8, 4) is 0 Å². The molecule has 3 rings (SSSR count). The van der Waals surface area contributed by atoms with Crippen molar-refractivity contribution in [2.75, 3.05) is 10.8 Å². The number of hydrogen-bond acceptors (Lipinski definition) is 4. The molecule has 0 saturated carbocycles. The first-order valence-corrected chi connectivity index (χ1v) is 15.9. The van der Waals surface area contributed by atoms with E-state index in [4.69, 9.17) is 46.4 Å². The first-order chi connectivity index (χ1) is 19.4. The molecular weight excluding hydrogens is 628 g/mol. The summed E-state index contributed by atoms with van der Waals surface area (Å²) >= 11 is 25.1. The summed E-state index contributed by atoms with van der Waals surface area (Å²) in [6.07, 6.45) is 0.950. The third kappa shape index (κ3) is 8.30. The van der Waals surface area contributed by atoms with E-state index in [1.165, 1.54) is 41.3 Å². The highest BCUT2D eigenvalue weighted by Gasteiger charge is 2.34. The molecule has 2 atom stereocenters. The number of benzene rings is 3. The van der Waals surface area contributed by atoms with Gasteiger partial charge in [0.25, 0.3) is 10.0 Å². The highest BCUT2D eigenvalue weighted by molar-refractivity contribution is 7.92. The topological polar surface area (TPSA) is 86.8 Å². The Balaban J connectivity index is 2.10. The van der Waals surface area contributed by atoms with E-state index >= 15 is 0 Å². The predicted octanol–water partition coefficient (Wildman–Crippen LogP) is 7.22. The molecule has 0 spiro atoms. The lowest BCUT2D eigenvalue weighted by molar-refractivity contribution is -0.140. The van der Waals surface area contributed by atoms with Crippen LogP contribution in [-0.2, 0) is 26.2 Å². The van der Waals surface area contributed by atoms with Gasteiger partial charge in [0.2, 0.25) is 11.8 Å². The zero-order chi connectivity index (χ0) is 30.3. The zero-order valence-corrected chi connectivity index (χ0v) is 26.6. The molecule has 0 unspecified atom stereocenters. The van der Waals surface area contributed by atoms with Crippen LogP contribution >= 0.6 is 46.4 Å². The fourth-order valence-corrected chi connectivity index (χ4v) is 6.34. The van der Waals surface area contributed by atoms with Crippen molar-refractivity contribution < 1.29 is 18.0 Å². The number of sulfonamides is 1. The van der Waals surface area contributed by atoms with Crippen LogP contribution in [0.15, 0.2) is 71.6 Å². The smallest absolute Gasteiger partial charge is 0.264 e. The number of nitrogens with zero attached hydrogens (tertiary/aromatic N) is 2. The van der Waals surface area contributed by atoms with Gasteiger partial charge >= 0.3 is 0 Å². The summed E-state index contributed by atoms with van der Waals surface area (Å²) in [6, 6.07) is 15.7. The summed E-state index contributed by atoms with van der Waals surface area (Å²) in [5, 5.41) is 4.19. The Bertz CT molecular complexity index is 1470. The second-order valence-corrected chi connectivity index (χ2v) is 13.0. The van der Waals surface area contributed by atoms with Gasteiger partial charge in [-0.1, -0.05) is 72.4 Å². The Morgan fingerprint density at radius 1 is 0.854 bits per heavy atom. The van der Waals surface area contributed by atoms with Gasteiger partial charge in [-0.25, -0.2) is 8.42 Å². The Hall–Kier alpha value is -2.49. The van der Waals surface area contributed by atoms with Crippen molar-refractivity contribution in [2.45, 2.75) is 57.1 Å². The van der Waals surface area contributed by atoms with Crippen LogP contribution in [0.3, 0.4) is 0 Å². The first kappa shape index (κ1) is 33.0. The predicted molar refractivity (Wildman–Crippen MR) is 166 cm³/mol. The number of nitrogens with one attached hydrogen (secondary N) is 1. The Labute approximate surface area is 261 Å². The zero-order valence-electron chi connectivity index (χ0n) is 22.8. The summed E-state index contributed by atoms with van der Waals surface area (Å²) in [5.41, 5.74) is 0.613. The summed E-state index contributed by atoms with van der Waals surface area (Å²) in [5.74, 6) is -1.00. The van der Waals surface area contributed by atoms with E-state index in [0.29, 0.717) is 27.1 Å². The Morgan fingerprint density at radius 2 is 1.46 bits per heavy atom. The lowest BCUT2D eigenvalue weighted by atomic mass is 10.1. The van der Waals surface area contributed by atoms with Crippen molar-refractivity contribution in [1.82, 2.24) is 10.2 Å².